The predicted octanol–water partition coefficient (Wildman–Crippen LogP) is 3.01. The van der Waals surface area contributed by atoms with Crippen LogP contribution in [0.4, 0.5) is 0 Å². The Labute approximate surface area is 190 Å². The van der Waals surface area contributed by atoms with Gasteiger partial charge in [-0.05, 0) is 23.8 Å². The topological polar surface area (TPSA) is 89.7 Å². The number of hydrogen-bond donors (Lipinski definition) is 1. The van der Waals surface area contributed by atoms with Crippen molar-refractivity contribution in [2.45, 2.75) is 6.54 Å². The second-order valence-corrected chi connectivity index (χ2v) is 8.16. The van der Waals surface area contributed by atoms with Gasteiger partial charge in [-0.1, -0.05) is 35.5 Å². The van der Waals surface area contributed by atoms with Gasteiger partial charge >= 0.3 is 0 Å². The molecule has 9 nitrogen and oxygen atoms in total. The Hall–Kier alpha value is -3.82. The van der Waals surface area contributed by atoms with Gasteiger partial charge in [0.25, 0.3) is 0 Å². The molecular formula is C24H24N8O. The Bertz CT molecular complexity index is 1360. The molecule has 5 aromatic rings. The largest absolute Gasteiger partial charge is 0.379 e. The average molecular weight is 441 g/mol. The summed E-state index contributed by atoms with van der Waals surface area (Å²) in [6.07, 6.45) is 5.93. The first kappa shape index (κ1) is 19.8. The number of nitrogens with zero attached hydrogens (tertiary/aromatic N) is 7. The van der Waals surface area contributed by atoms with Gasteiger partial charge in [0.1, 0.15) is 11.4 Å². The smallest absolute Gasteiger partial charge is 0.134 e. The second-order valence-electron chi connectivity index (χ2n) is 8.16. The Morgan fingerprint density at radius 1 is 0.909 bits per heavy atom. The normalized spacial score (nSPS) is 14.8. The maximum absolute atomic E-state index is 5.41. The number of aromatic nitrogens is 7. The molecule has 0 radical (unpaired) electrons. The van der Waals surface area contributed by atoms with Crippen molar-refractivity contribution < 1.29 is 4.74 Å². The van der Waals surface area contributed by atoms with Crippen LogP contribution in [0.2, 0.25) is 0 Å². The first-order chi connectivity index (χ1) is 16.3. The molecular weight excluding hydrogens is 416 g/mol. The van der Waals surface area contributed by atoms with E-state index in [4.69, 9.17) is 4.74 Å². The highest BCUT2D eigenvalue weighted by atomic mass is 16.5. The maximum atomic E-state index is 5.41. The van der Waals surface area contributed by atoms with Crippen LogP contribution in [0, 0.1) is 0 Å². The summed E-state index contributed by atoms with van der Waals surface area (Å²) in [5.74, 6) is 0. The number of nitrogens with one attached hydrogen (secondary N) is 1. The summed E-state index contributed by atoms with van der Waals surface area (Å²) in [6, 6.07) is 16.3. The number of morpholine rings is 1. The minimum Gasteiger partial charge on any atom is -0.379 e. The van der Waals surface area contributed by atoms with Crippen LogP contribution in [0.25, 0.3) is 39.1 Å². The third kappa shape index (κ3) is 4.04. The highest BCUT2D eigenvalue weighted by Gasteiger charge is 2.13. The Morgan fingerprint density at radius 3 is 2.64 bits per heavy atom. The lowest BCUT2D eigenvalue weighted by molar-refractivity contribution is 0.0360. The number of H-pyrrole nitrogens is 1. The summed E-state index contributed by atoms with van der Waals surface area (Å²) >= 11 is 0. The number of para-hydroxylation sites is 1. The number of ether oxygens (including phenoxy) is 1. The molecule has 3 aromatic heterocycles. The van der Waals surface area contributed by atoms with E-state index in [9.17, 15) is 0 Å². The molecule has 1 aliphatic heterocycles. The quantitative estimate of drug-likeness (QED) is 0.437. The lowest BCUT2D eigenvalue weighted by Gasteiger charge is -2.26. The van der Waals surface area contributed by atoms with Crippen LogP contribution in [0.1, 0.15) is 0 Å². The van der Waals surface area contributed by atoms with Crippen molar-refractivity contribution in [1.82, 2.24) is 39.9 Å². The van der Waals surface area contributed by atoms with Gasteiger partial charge < -0.3 is 4.74 Å². The monoisotopic (exact) mass is 440 g/mol. The molecule has 2 aromatic carbocycles. The molecule has 1 aliphatic rings. The van der Waals surface area contributed by atoms with Crippen LogP contribution in [0.5, 0.6) is 0 Å². The van der Waals surface area contributed by atoms with E-state index in [0.717, 1.165) is 78.5 Å². The Morgan fingerprint density at radius 2 is 1.76 bits per heavy atom. The zero-order chi connectivity index (χ0) is 22.0. The van der Waals surface area contributed by atoms with Gasteiger partial charge in [-0.3, -0.25) is 14.7 Å². The number of hydrogen-bond acceptors (Lipinski definition) is 6. The summed E-state index contributed by atoms with van der Waals surface area (Å²) in [7, 11) is 0. The molecule has 6 rings (SSSR count). The van der Waals surface area contributed by atoms with E-state index in [-0.39, 0.29) is 0 Å². The van der Waals surface area contributed by atoms with Gasteiger partial charge in [-0.15, -0.1) is 5.10 Å². The van der Waals surface area contributed by atoms with Gasteiger partial charge in [0.15, 0.2) is 0 Å². The molecule has 0 saturated carbocycles. The number of rotatable bonds is 6. The first-order valence-corrected chi connectivity index (χ1v) is 11.1. The fourth-order valence-electron chi connectivity index (χ4n) is 4.17. The van der Waals surface area contributed by atoms with Crippen LogP contribution < -0.4 is 0 Å². The average Bonchev–Trinajstić information content (AvgIpc) is 3.63. The van der Waals surface area contributed by atoms with Crippen LogP contribution in [0.15, 0.2) is 67.1 Å². The lowest BCUT2D eigenvalue weighted by atomic mass is 10.1. The van der Waals surface area contributed by atoms with Crippen molar-refractivity contribution in [3.8, 4) is 28.2 Å². The maximum Gasteiger partial charge on any atom is 0.134 e. The molecule has 0 atom stereocenters. The number of aromatic amines is 1. The zero-order valence-corrected chi connectivity index (χ0v) is 18.1. The third-order valence-electron chi connectivity index (χ3n) is 6.05. The molecule has 0 aliphatic carbocycles. The van der Waals surface area contributed by atoms with Crippen molar-refractivity contribution in [2.75, 3.05) is 32.8 Å². The van der Waals surface area contributed by atoms with E-state index in [0.29, 0.717) is 0 Å². The molecule has 1 fully saturated rings. The van der Waals surface area contributed by atoms with Crippen molar-refractivity contribution in [1.29, 1.82) is 0 Å². The molecule has 9 heteroatoms. The molecule has 4 heterocycles. The van der Waals surface area contributed by atoms with Gasteiger partial charge in [0, 0.05) is 36.8 Å². The Balaban J connectivity index is 1.16. The van der Waals surface area contributed by atoms with Gasteiger partial charge in [-0.25, -0.2) is 4.68 Å². The minimum absolute atomic E-state index is 0.734. The Kier molecular flexibility index (Phi) is 5.17. The van der Waals surface area contributed by atoms with Crippen molar-refractivity contribution in [3.63, 3.8) is 0 Å². The highest BCUT2D eigenvalue weighted by Crippen LogP contribution is 2.25. The summed E-state index contributed by atoms with van der Waals surface area (Å²) in [6.45, 7) is 5.50. The fourth-order valence-corrected chi connectivity index (χ4v) is 4.17. The molecule has 33 heavy (non-hydrogen) atoms. The van der Waals surface area contributed by atoms with Crippen molar-refractivity contribution in [3.05, 3.63) is 67.1 Å². The van der Waals surface area contributed by atoms with Crippen molar-refractivity contribution >= 4 is 10.9 Å². The van der Waals surface area contributed by atoms with Crippen LogP contribution in [-0.4, -0.2) is 72.7 Å². The molecule has 0 unspecified atom stereocenters. The van der Waals surface area contributed by atoms with E-state index in [1.165, 1.54) is 0 Å². The van der Waals surface area contributed by atoms with E-state index < -0.39 is 0 Å². The number of fused-ring (bicyclic) bond motifs is 1. The number of benzene rings is 2. The van der Waals surface area contributed by atoms with Crippen molar-refractivity contribution in [2.24, 2.45) is 0 Å². The highest BCUT2D eigenvalue weighted by molar-refractivity contribution is 5.91. The molecule has 1 saturated heterocycles. The van der Waals surface area contributed by atoms with Crippen LogP contribution >= 0.6 is 0 Å². The molecule has 0 spiro atoms. The van der Waals surface area contributed by atoms with Gasteiger partial charge in [-0.2, -0.15) is 10.2 Å². The van der Waals surface area contributed by atoms with E-state index in [2.05, 4.69) is 48.8 Å². The second kappa shape index (κ2) is 8.61. The zero-order valence-electron chi connectivity index (χ0n) is 18.1. The predicted molar refractivity (Wildman–Crippen MR) is 125 cm³/mol. The van der Waals surface area contributed by atoms with E-state index >= 15 is 0 Å². The molecule has 0 amide bonds. The molecule has 1 N–H and O–H groups in total. The minimum atomic E-state index is 0.734. The standard InChI is InChI=1S/C24H24N8O/c1-2-4-22-21(3-1)24(28-26-22)23-17-32(29-27-23)20-7-5-18(6-8-20)19-15-25-31(16-19)10-9-30-11-13-33-14-12-30/h1-8,15-17H,9-14H2,(H,26,28). The summed E-state index contributed by atoms with van der Waals surface area (Å²) in [5.41, 5.74) is 5.69. The van der Waals surface area contributed by atoms with Gasteiger partial charge in [0.2, 0.25) is 0 Å². The fraction of sp³-hybridized carbons (Fsp3) is 0.250. The third-order valence-corrected chi connectivity index (χ3v) is 6.05. The van der Waals surface area contributed by atoms with Crippen LogP contribution in [0.3, 0.4) is 0 Å². The summed E-state index contributed by atoms with van der Waals surface area (Å²) in [5, 5.41) is 21.7. The van der Waals surface area contributed by atoms with Gasteiger partial charge in [0.05, 0.1) is 43.4 Å². The molecule has 166 valence electrons. The summed E-state index contributed by atoms with van der Waals surface area (Å²) < 4.78 is 9.20. The first-order valence-electron chi connectivity index (χ1n) is 11.1. The van der Waals surface area contributed by atoms with E-state index in [1.54, 1.807) is 4.68 Å². The van der Waals surface area contributed by atoms with Crippen LogP contribution in [-0.2, 0) is 11.3 Å². The lowest BCUT2D eigenvalue weighted by Crippen LogP contribution is -2.38. The van der Waals surface area contributed by atoms with E-state index in [1.807, 2.05) is 53.5 Å². The SMILES string of the molecule is c1ccc2c(-c3cn(-c4ccc(-c5cnn(CCN6CCOCC6)c5)cc4)nn3)n[nH]c2c1. The summed E-state index contributed by atoms with van der Waals surface area (Å²) in [4.78, 5) is 2.41. The molecule has 0 bridgehead atoms.